The van der Waals surface area contributed by atoms with Crippen molar-refractivity contribution in [3.63, 3.8) is 0 Å². The van der Waals surface area contributed by atoms with Gasteiger partial charge < -0.3 is 10.2 Å². The Morgan fingerprint density at radius 3 is 2.58 bits per heavy atom. The molecule has 0 aliphatic carbocycles. The Bertz CT molecular complexity index is 872. The summed E-state index contributed by atoms with van der Waals surface area (Å²) in [5, 5.41) is 6.08. The average molecular weight is 425 g/mol. The Balaban J connectivity index is 1.19. The molecule has 0 aromatic heterocycles. The summed E-state index contributed by atoms with van der Waals surface area (Å²) >= 11 is 0. The van der Waals surface area contributed by atoms with Gasteiger partial charge in [0, 0.05) is 31.1 Å². The third-order valence-corrected chi connectivity index (χ3v) is 7.54. The Morgan fingerprint density at radius 2 is 1.84 bits per heavy atom. The number of piperidine rings is 3. The minimum Gasteiger partial charge on any atom is -0.322 e. The summed E-state index contributed by atoms with van der Waals surface area (Å²) in [6.45, 7) is 4.78. The number of rotatable bonds is 4. The number of carbonyl (C=O) groups excluding carboxylic acids is 3. The summed E-state index contributed by atoms with van der Waals surface area (Å²) in [7, 11) is 0. The second kappa shape index (κ2) is 8.71. The van der Waals surface area contributed by atoms with E-state index in [1.165, 1.54) is 44.2 Å². The van der Waals surface area contributed by atoms with Crippen molar-refractivity contribution in [3.05, 3.63) is 34.9 Å². The van der Waals surface area contributed by atoms with Crippen LogP contribution < -0.4 is 10.6 Å². The lowest BCUT2D eigenvalue weighted by Gasteiger charge is -2.38. The highest BCUT2D eigenvalue weighted by atomic mass is 16.2. The first-order valence-corrected chi connectivity index (χ1v) is 11.8. The van der Waals surface area contributed by atoms with Crippen molar-refractivity contribution in [1.82, 2.24) is 20.4 Å². The van der Waals surface area contributed by atoms with Crippen molar-refractivity contribution in [2.45, 2.75) is 70.1 Å². The van der Waals surface area contributed by atoms with Crippen LogP contribution in [-0.2, 0) is 22.7 Å². The third-order valence-electron chi connectivity index (χ3n) is 7.54. The zero-order valence-electron chi connectivity index (χ0n) is 18.1. The molecular weight excluding hydrogens is 392 g/mol. The van der Waals surface area contributed by atoms with Crippen molar-refractivity contribution in [2.24, 2.45) is 5.92 Å². The van der Waals surface area contributed by atoms with Gasteiger partial charge in [-0.3, -0.25) is 24.6 Å². The number of fused-ring (bicyclic) bond motifs is 1. The van der Waals surface area contributed by atoms with Crippen LogP contribution in [0.15, 0.2) is 18.2 Å². The lowest BCUT2D eigenvalue weighted by atomic mass is 9.85. The fourth-order valence-corrected chi connectivity index (χ4v) is 5.78. The molecule has 3 saturated heterocycles. The molecule has 166 valence electrons. The molecule has 1 aromatic rings. The Kier molecular flexibility index (Phi) is 5.80. The van der Waals surface area contributed by atoms with Crippen LogP contribution in [0.5, 0.6) is 0 Å². The zero-order chi connectivity index (χ0) is 21.4. The van der Waals surface area contributed by atoms with Crippen LogP contribution in [0.4, 0.5) is 0 Å². The van der Waals surface area contributed by atoms with E-state index < -0.39 is 6.04 Å². The van der Waals surface area contributed by atoms with Crippen LogP contribution >= 0.6 is 0 Å². The van der Waals surface area contributed by atoms with Gasteiger partial charge in [-0.1, -0.05) is 18.6 Å². The first kappa shape index (κ1) is 20.6. The smallest absolute Gasteiger partial charge is 0.255 e. The molecule has 4 aliphatic rings. The van der Waals surface area contributed by atoms with Crippen molar-refractivity contribution in [1.29, 1.82) is 0 Å². The van der Waals surface area contributed by atoms with Crippen LogP contribution in [0.3, 0.4) is 0 Å². The van der Waals surface area contributed by atoms with Crippen molar-refractivity contribution >= 4 is 17.7 Å². The molecule has 5 rings (SSSR count). The topological polar surface area (TPSA) is 81.8 Å². The number of hydrogen-bond donors (Lipinski definition) is 2. The van der Waals surface area contributed by atoms with E-state index in [-0.39, 0.29) is 24.1 Å². The molecule has 2 N–H and O–H groups in total. The minimum absolute atomic E-state index is 0.100. The van der Waals surface area contributed by atoms with Gasteiger partial charge in [-0.15, -0.1) is 0 Å². The number of benzene rings is 1. The molecule has 0 spiro atoms. The van der Waals surface area contributed by atoms with E-state index in [4.69, 9.17) is 0 Å². The molecule has 4 heterocycles. The highest BCUT2D eigenvalue weighted by molar-refractivity contribution is 6.05. The van der Waals surface area contributed by atoms with Gasteiger partial charge in [0.15, 0.2) is 0 Å². The summed E-state index contributed by atoms with van der Waals surface area (Å²) in [6, 6.07) is 6.26. The van der Waals surface area contributed by atoms with E-state index in [1.807, 2.05) is 6.07 Å². The third kappa shape index (κ3) is 4.26. The number of nitrogens with one attached hydrogen (secondary N) is 2. The van der Waals surface area contributed by atoms with Gasteiger partial charge in [-0.05, 0) is 74.8 Å². The molecule has 31 heavy (non-hydrogen) atoms. The molecule has 2 atom stereocenters. The van der Waals surface area contributed by atoms with Crippen LogP contribution in [0.25, 0.3) is 0 Å². The molecular formula is C24H32N4O3. The predicted octanol–water partition coefficient (Wildman–Crippen LogP) is 1.80. The van der Waals surface area contributed by atoms with E-state index >= 15 is 0 Å². The monoisotopic (exact) mass is 424 g/mol. The highest BCUT2D eigenvalue weighted by Gasteiger charge is 2.39. The van der Waals surface area contributed by atoms with E-state index in [0.29, 0.717) is 24.6 Å². The number of nitrogens with zero attached hydrogens (tertiary/aromatic N) is 2. The lowest BCUT2D eigenvalue weighted by Crippen LogP contribution is -2.52. The Hall–Kier alpha value is -2.25. The van der Waals surface area contributed by atoms with Gasteiger partial charge in [-0.25, -0.2) is 0 Å². The minimum atomic E-state index is -0.548. The maximum absolute atomic E-state index is 12.9. The molecule has 3 amide bonds. The molecule has 2 unspecified atom stereocenters. The van der Waals surface area contributed by atoms with Crippen molar-refractivity contribution < 1.29 is 14.4 Å². The standard InChI is InChI=1S/C24H32N4O3/c29-22-7-6-21(23(30)26-22)28-15-18-13-16(4-5-19(18)24(28)31)14-27-11-8-17(9-12-27)20-3-1-2-10-25-20/h4-5,13,17,20-21,25H,1-3,6-12,14-15H2,(H,26,29,30). The molecule has 1 aromatic carbocycles. The molecule has 3 fully saturated rings. The number of hydrogen-bond acceptors (Lipinski definition) is 5. The quantitative estimate of drug-likeness (QED) is 0.721. The van der Waals surface area contributed by atoms with Crippen LogP contribution in [0.1, 0.15) is 66.4 Å². The molecule has 0 bridgehead atoms. The normalized spacial score (nSPS) is 28.0. The Labute approximate surface area is 183 Å². The molecule has 7 nitrogen and oxygen atoms in total. The summed E-state index contributed by atoms with van der Waals surface area (Å²) < 4.78 is 0. The molecule has 4 aliphatic heterocycles. The lowest BCUT2D eigenvalue weighted by molar-refractivity contribution is -0.136. The van der Waals surface area contributed by atoms with E-state index in [2.05, 4.69) is 27.7 Å². The first-order valence-electron chi connectivity index (χ1n) is 11.8. The van der Waals surface area contributed by atoms with Gasteiger partial charge >= 0.3 is 0 Å². The maximum Gasteiger partial charge on any atom is 0.255 e. The highest BCUT2D eigenvalue weighted by Crippen LogP contribution is 2.30. The van der Waals surface area contributed by atoms with E-state index in [9.17, 15) is 14.4 Å². The maximum atomic E-state index is 12.9. The van der Waals surface area contributed by atoms with Crippen molar-refractivity contribution in [3.8, 4) is 0 Å². The fourth-order valence-electron chi connectivity index (χ4n) is 5.78. The summed E-state index contributed by atoms with van der Waals surface area (Å²) in [5.74, 6) is 0.0943. The Morgan fingerprint density at radius 1 is 1.00 bits per heavy atom. The van der Waals surface area contributed by atoms with Gasteiger partial charge in [0.2, 0.25) is 11.8 Å². The second-order valence-corrected chi connectivity index (χ2v) is 9.56. The predicted molar refractivity (Wildman–Crippen MR) is 116 cm³/mol. The molecule has 7 heteroatoms. The summed E-state index contributed by atoms with van der Waals surface area (Å²) in [4.78, 5) is 40.7. The fraction of sp³-hybridized carbons (Fsp3) is 0.625. The number of amides is 3. The number of carbonyl (C=O) groups is 3. The number of imide groups is 1. The summed E-state index contributed by atoms with van der Waals surface area (Å²) in [5.41, 5.74) is 2.91. The zero-order valence-corrected chi connectivity index (χ0v) is 18.1. The first-order chi connectivity index (χ1) is 15.1. The summed E-state index contributed by atoms with van der Waals surface area (Å²) in [6.07, 6.45) is 7.21. The molecule has 0 radical (unpaired) electrons. The van der Waals surface area contributed by atoms with Crippen LogP contribution in [0.2, 0.25) is 0 Å². The largest absolute Gasteiger partial charge is 0.322 e. The van der Waals surface area contributed by atoms with Gasteiger partial charge in [0.25, 0.3) is 5.91 Å². The van der Waals surface area contributed by atoms with Gasteiger partial charge in [0.05, 0.1) is 0 Å². The van der Waals surface area contributed by atoms with Crippen molar-refractivity contribution in [2.75, 3.05) is 19.6 Å². The molecule has 0 saturated carbocycles. The van der Waals surface area contributed by atoms with Gasteiger partial charge in [0.1, 0.15) is 6.04 Å². The SMILES string of the molecule is O=C1CCC(N2Cc3cc(CN4CCC(C5CCCCN5)CC4)ccc3C2=O)C(=O)N1. The van der Waals surface area contributed by atoms with E-state index in [1.54, 1.807) is 4.90 Å². The number of likely N-dealkylation sites (tertiary alicyclic amines) is 1. The van der Waals surface area contributed by atoms with Crippen LogP contribution in [0, 0.1) is 5.92 Å². The van der Waals surface area contributed by atoms with Crippen LogP contribution in [-0.4, -0.2) is 59.2 Å². The van der Waals surface area contributed by atoms with Gasteiger partial charge in [-0.2, -0.15) is 0 Å². The van der Waals surface area contributed by atoms with E-state index in [0.717, 1.165) is 31.1 Å². The second-order valence-electron chi connectivity index (χ2n) is 9.56. The average Bonchev–Trinajstić information content (AvgIpc) is 3.10.